The number of hydrogen-bond donors (Lipinski definition) is 2. The molecule has 4 nitrogen and oxygen atoms in total. The van der Waals surface area contributed by atoms with Crippen LogP contribution < -0.4 is 5.32 Å². The van der Waals surface area contributed by atoms with Crippen LogP contribution >= 0.6 is 0 Å². The molecule has 2 N–H and O–H groups in total. The van der Waals surface area contributed by atoms with Gasteiger partial charge in [0.25, 0.3) is 0 Å². The Balaban J connectivity index is 6.57. The van der Waals surface area contributed by atoms with Crippen LogP contribution in [0, 0.1) is 0 Å². The largest absolute Gasteiger partial charge is 0.475 e. The van der Waals surface area contributed by atoms with Crippen molar-refractivity contribution in [2.75, 3.05) is 0 Å². The maximum atomic E-state index is 13.2. The number of hydrogen-bond acceptors (Lipinski definition) is 2. The van der Waals surface area contributed by atoms with Crippen molar-refractivity contribution in [2.45, 2.75) is 47.8 Å². The van der Waals surface area contributed by atoms with Gasteiger partial charge in [-0.3, -0.25) is 10.1 Å². The summed E-state index contributed by atoms with van der Waals surface area (Å²) >= 11 is 0. The third kappa shape index (κ3) is 3.89. The monoisotopic (exact) mass is 507 g/mol. The van der Waals surface area contributed by atoms with Crippen molar-refractivity contribution in [3.8, 4) is 0 Å². The third-order valence-corrected chi connectivity index (χ3v) is 3.15. The van der Waals surface area contributed by atoms with Crippen LogP contribution in [0.3, 0.4) is 0 Å². The molecule has 31 heavy (non-hydrogen) atoms. The Labute approximate surface area is 156 Å². The molecule has 0 atom stereocenters. The molecule has 0 fully saturated rings. The minimum Gasteiger partial charge on any atom is -0.475 e. The van der Waals surface area contributed by atoms with E-state index in [0.29, 0.717) is 0 Å². The van der Waals surface area contributed by atoms with Crippen LogP contribution in [0.2, 0.25) is 0 Å². The lowest BCUT2D eigenvalue weighted by Gasteiger charge is -2.41. The first-order valence-corrected chi connectivity index (χ1v) is 6.34. The third-order valence-electron chi connectivity index (χ3n) is 3.15. The van der Waals surface area contributed by atoms with Gasteiger partial charge in [0, 0.05) is 0 Å². The topological polar surface area (TPSA) is 66.4 Å². The number of carbonyl (C=O) groups is 2. The number of carboxylic acids is 1. The normalized spacial score (nSPS) is 15.6. The van der Waals surface area contributed by atoms with Crippen molar-refractivity contribution >= 4 is 11.9 Å². The molecule has 0 rings (SSSR count). The standard InChI is InChI=1S/C10H2F17NO3/c11-3(12,1(29)28-4(13,14)2(30)31)5(15,16)6(17,18)7(19,20)8(21,22)9(23,24)10(25,26)27/h(H,28,29)(H,30,31). The van der Waals surface area contributed by atoms with E-state index in [-0.39, 0.29) is 0 Å². The first kappa shape index (κ1) is 28.8. The zero-order valence-corrected chi connectivity index (χ0v) is 13.2. The Morgan fingerprint density at radius 2 is 0.806 bits per heavy atom. The van der Waals surface area contributed by atoms with Gasteiger partial charge in [-0.05, 0) is 0 Å². The van der Waals surface area contributed by atoms with Gasteiger partial charge in [0.1, 0.15) is 0 Å². The highest BCUT2D eigenvalue weighted by Gasteiger charge is 2.94. The van der Waals surface area contributed by atoms with Gasteiger partial charge in [0.15, 0.2) is 0 Å². The highest BCUT2D eigenvalue weighted by Crippen LogP contribution is 2.62. The Hall–Kier alpha value is -2.25. The minimum atomic E-state index is -8.72. The lowest BCUT2D eigenvalue weighted by Crippen LogP contribution is -2.74. The molecule has 0 heterocycles. The number of amides is 1. The summed E-state index contributed by atoms with van der Waals surface area (Å²) in [5.41, 5.74) is 0. The maximum Gasteiger partial charge on any atom is 0.460 e. The van der Waals surface area contributed by atoms with E-state index in [0.717, 1.165) is 0 Å². The summed E-state index contributed by atoms with van der Waals surface area (Å²) in [6.07, 6.45) is -7.84. The predicted octanol–water partition coefficient (Wildman–Crippen LogP) is 4.15. The van der Waals surface area contributed by atoms with Gasteiger partial charge < -0.3 is 5.11 Å². The average molecular weight is 507 g/mol. The summed E-state index contributed by atoms with van der Waals surface area (Å²) in [6.45, 7) is 0. The second-order valence-electron chi connectivity index (χ2n) is 5.28. The number of halogens is 17. The molecular formula is C10H2F17NO3. The second-order valence-corrected chi connectivity index (χ2v) is 5.28. The van der Waals surface area contributed by atoms with Crippen LogP contribution in [0.5, 0.6) is 0 Å². The number of carboxylic acid groups (broad SMARTS) is 1. The van der Waals surface area contributed by atoms with E-state index in [1.165, 1.54) is 0 Å². The van der Waals surface area contributed by atoms with Crippen molar-refractivity contribution in [1.82, 2.24) is 5.32 Å². The summed E-state index contributed by atoms with van der Waals surface area (Å²) in [5.74, 6) is -58.5. The van der Waals surface area contributed by atoms with Gasteiger partial charge in [0.2, 0.25) is 0 Å². The molecule has 0 aromatic heterocycles. The van der Waals surface area contributed by atoms with Gasteiger partial charge in [-0.2, -0.15) is 74.6 Å². The molecule has 21 heteroatoms. The van der Waals surface area contributed by atoms with E-state index in [2.05, 4.69) is 0 Å². The van der Waals surface area contributed by atoms with E-state index in [1.54, 1.807) is 0 Å². The van der Waals surface area contributed by atoms with Crippen LogP contribution in [0.25, 0.3) is 0 Å². The number of rotatable bonds is 8. The van der Waals surface area contributed by atoms with Crippen LogP contribution in [0.1, 0.15) is 0 Å². The Morgan fingerprint density at radius 1 is 0.516 bits per heavy atom. The zero-order chi connectivity index (χ0) is 25.9. The second kappa shape index (κ2) is 7.14. The molecule has 0 saturated heterocycles. The molecule has 0 aliphatic heterocycles. The lowest BCUT2D eigenvalue weighted by atomic mass is 9.91. The van der Waals surface area contributed by atoms with Crippen LogP contribution in [0.15, 0.2) is 0 Å². The molecule has 0 aliphatic carbocycles. The Bertz CT molecular complexity index is 724. The fourth-order valence-corrected chi connectivity index (χ4v) is 1.38. The summed E-state index contributed by atoms with van der Waals surface area (Å²) in [6, 6.07) is -5.98. The molecular weight excluding hydrogens is 505 g/mol. The highest BCUT2D eigenvalue weighted by molar-refractivity contribution is 5.89. The van der Waals surface area contributed by atoms with Crippen LogP contribution in [0.4, 0.5) is 74.6 Å². The number of carbonyl (C=O) groups excluding carboxylic acids is 1. The van der Waals surface area contributed by atoms with Crippen molar-refractivity contribution < 1.29 is 89.3 Å². The molecule has 0 aromatic rings. The number of aliphatic carboxylic acids is 1. The van der Waals surface area contributed by atoms with Gasteiger partial charge in [-0.15, -0.1) is 0 Å². The number of alkyl halides is 17. The summed E-state index contributed by atoms with van der Waals surface area (Å²) < 4.78 is 217. The van der Waals surface area contributed by atoms with E-state index in [1.807, 2.05) is 0 Å². The quantitative estimate of drug-likeness (QED) is 0.384. The number of nitrogens with one attached hydrogen (secondary N) is 1. The van der Waals surface area contributed by atoms with E-state index in [4.69, 9.17) is 5.11 Å². The molecule has 0 saturated carbocycles. The van der Waals surface area contributed by atoms with Crippen molar-refractivity contribution in [2.24, 2.45) is 0 Å². The molecule has 0 unspecified atom stereocenters. The van der Waals surface area contributed by atoms with E-state index >= 15 is 0 Å². The van der Waals surface area contributed by atoms with Gasteiger partial charge >= 0.3 is 59.6 Å². The molecule has 1 amide bonds. The van der Waals surface area contributed by atoms with E-state index in [9.17, 15) is 84.2 Å². The average Bonchev–Trinajstić information content (AvgIpc) is 2.51. The lowest BCUT2D eigenvalue weighted by molar-refractivity contribution is -0.449. The van der Waals surface area contributed by atoms with E-state index < -0.39 is 65.0 Å². The van der Waals surface area contributed by atoms with Gasteiger partial charge in [-0.25, -0.2) is 4.79 Å². The summed E-state index contributed by atoms with van der Waals surface area (Å²) in [4.78, 5) is 20.5. The summed E-state index contributed by atoms with van der Waals surface area (Å²) in [5, 5.41) is 6.89. The van der Waals surface area contributed by atoms with Crippen molar-refractivity contribution in [3.05, 3.63) is 0 Å². The minimum absolute atomic E-state index is 0.877. The summed E-state index contributed by atoms with van der Waals surface area (Å²) in [7, 11) is 0. The Morgan fingerprint density at radius 3 is 1.10 bits per heavy atom. The fourth-order valence-electron chi connectivity index (χ4n) is 1.38. The molecule has 0 spiro atoms. The smallest absolute Gasteiger partial charge is 0.460 e. The Kier molecular flexibility index (Phi) is 6.62. The molecule has 0 radical (unpaired) electrons. The van der Waals surface area contributed by atoms with Gasteiger partial charge in [-0.1, -0.05) is 0 Å². The first-order valence-electron chi connectivity index (χ1n) is 6.34. The van der Waals surface area contributed by atoms with Gasteiger partial charge in [0.05, 0.1) is 0 Å². The first-order chi connectivity index (χ1) is 13.1. The highest BCUT2D eigenvalue weighted by atomic mass is 19.4. The molecule has 184 valence electrons. The zero-order valence-electron chi connectivity index (χ0n) is 13.2. The van der Waals surface area contributed by atoms with Crippen molar-refractivity contribution in [1.29, 1.82) is 0 Å². The SMILES string of the molecule is O=C(O)C(F)(F)NC(=O)C(F)(F)C(F)(F)C(F)(F)C(F)(F)C(F)(F)C(F)(F)C(F)(F)F. The molecule has 0 aromatic carbocycles. The van der Waals surface area contributed by atoms with Crippen LogP contribution in [-0.2, 0) is 9.59 Å². The molecule has 0 bridgehead atoms. The van der Waals surface area contributed by atoms with Crippen molar-refractivity contribution in [3.63, 3.8) is 0 Å². The maximum absolute atomic E-state index is 13.2. The molecule has 0 aliphatic rings. The predicted molar refractivity (Wildman–Crippen MR) is 56.5 cm³/mol. The fraction of sp³-hybridized carbons (Fsp3) is 0.800. The van der Waals surface area contributed by atoms with Crippen LogP contribution in [-0.4, -0.2) is 64.7 Å².